The molecule has 1 aromatic carbocycles. The summed E-state index contributed by atoms with van der Waals surface area (Å²) in [5, 5.41) is 14.8. The van der Waals surface area contributed by atoms with Gasteiger partial charge in [0, 0.05) is 17.5 Å². The first kappa shape index (κ1) is 17.9. The van der Waals surface area contributed by atoms with Crippen LogP contribution in [0.5, 0.6) is 0 Å². The molecule has 1 saturated heterocycles. The molecule has 0 atom stereocenters. The molecular formula is C14H19NO4S2. The summed E-state index contributed by atoms with van der Waals surface area (Å²) in [7, 11) is 4.35. The molecular weight excluding hydrogens is 310 g/mol. The molecule has 0 radical (unpaired) electrons. The highest BCUT2D eigenvalue weighted by molar-refractivity contribution is 8.17. The molecule has 0 aliphatic carbocycles. The molecule has 0 saturated carbocycles. The van der Waals surface area contributed by atoms with Crippen molar-refractivity contribution in [2.45, 2.75) is 10.6 Å². The first-order chi connectivity index (χ1) is 9.91. The smallest absolute Gasteiger partial charge is 0.414 e. The standard InChI is InChI=1S/C12H17NS2.C2H2O4/c1-13(2)11-8-14-12(15-9-11)10-6-4-3-5-7-10;3-1(4)2(5)6/h3-7,11-12H,8-9H2,1-2H3;(H,3,4)(H,5,6). The van der Waals surface area contributed by atoms with E-state index in [1.54, 1.807) is 0 Å². The molecule has 0 unspecified atom stereocenters. The van der Waals surface area contributed by atoms with E-state index in [0.29, 0.717) is 4.58 Å². The van der Waals surface area contributed by atoms with Crippen LogP contribution >= 0.6 is 23.5 Å². The quantitative estimate of drug-likeness (QED) is 0.806. The molecule has 1 aliphatic rings. The van der Waals surface area contributed by atoms with Crippen LogP contribution in [0.3, 0.4) is 0 Å². The van der Waals surface area contributed by atoms with Crippen molar-refractivity contribution in [1.29, 1.82) is 0 Å². The van der Waals surface area contributed by atoms with E-state index in [0.717, 1.165) is 6.04 Å². The molecule has 5 nitrogen and oxygen atoms in total. The largest absolute Gasteiger partial charge is 0.473 e. The van der Waals surface area contributed by atoms with E-state index in [9.17, 15) is 0 Å². The SMILES string of the molecule is CN(C)C1CSC(c2ccccc2)SC1.O=C(O)C(=O)O. The van der Waals surface area contributed by atoms with Crippen LogP contribution in [-0.4, -0.2) is 58.7 Å². The number of carboxylic acid groups (broad SMARTS) is 2. The fourth-order valence-electron chi connectivity index (χ4n) is 1.59. The van der Waals surface area contributed by atoms with E-state index in [1.807, 2.05) is 0 Å². The number of aliphatic carboxylic acids is 2. The Balaban J connectivity index is 0.000000315. The number of benzene rings is 1. The van der Waals surface area contributed by atoms with E-state index < -0.39 is 11.9 Å². The zero-order valence-corrected chi connectivity index (χ0v) is 13.6. The van der Waals surface area contributed by atoms with Gasteiger partial charge in [-0.25, -0.2) is 9.59 Å². The Bertz CT molecular complexity index is 447. The number of thioether (sulfide) groups is 2. The summed E-state index contributed by atoms with van der Waals surface area (Å²) in [6.45, 7) is 0. The molecule has 1 aromatic rings. The Kier molecular flexibility index (Phi) is 7.63. The van der Waals surface area contributed by atoms with Gasteiger partial charge in [0.2, 0.25) is 0 Å². The molecule has 2 rings (SSSR count). The van der Waals surface area contributed by atoms with Gasteiger partial charge >= 0.3 is 11.9 Å². The van der Waals surface area contributed by atoms with Gasteiger partial charge < -0.3 is 15.1 Å². The second-order valence-corrected chi connectivity index (χ2v) is 7.21. The van der Waals surface area contributed by atoms with Crippen LogP contribution in [0.15, 0.2) is 30.3 Å². The van der Waals surface area contributed by atoms with Crippen molar-refractivity contribution in [3.05, 3.63) is 35.9 Å². The summed E-state index contributed by atoms with van der Waals surface area (Å²) in [4.78, 5) is 20.5. The summed E-state index contributed by atoms with van der Waals surface area (Å²) in [6, 6.07) is 11.6. The number of carbonyl (C=O) groups is 2. The Labute approximate surface area is 132 Å². The minimum atomic E-state index is -1.82. The Hall–Kier alpha value is -1.18. The minimum absolute atomic E-state index is 0.641. The van der Waals surface area contributed by atoms with Crippen molar-refractivity contribution in [2.75, 3.05) is 25.6 Å². The molecule has 2 N–H and O–H groups in total. The van der Waals surface area contributed by atoms with E-state index in [4.69, 9.17) is 19.8 Å². The van der Waals surface area contributed by atoms with Crippen molar-refractivity contribution in [3.8, 4) is 0 Å². The van der Waals surface area contributed by atoms with Crippen LogP contribution in [0.25, 0.3) is 0 Å². The zero-order chi connectivity index (χ0) is 15.8. The highest BCUT2D eigenvalue weighted by Gasteiger charge is 2.24. The summed E-state index contributed by atoms with van der Waals surface area (Å²) < 4.78 is 0.641. The molecule has 0 spiro atoms. The Morgan fingerprint density at radius 2 is 1.52 bits per heavy atom. The number of nitrogens with zero attached hydrogens (tertiary/aromatic N) is 1. The van der Waals surface area contributed by atoms with Gasteiger partial charge in [0.15, 0.2) is 0 Å². The third kappa shape index (κ3) is 6.41. The van der Waals surface area contributed by atoms with Gasteiger partial charge in [-0.3, -0.25) is 0 Å². The second-order valence-electron chi connectivity index (χ2n) is 4.64. The van der Waals surface area contributed by atoms with E-state index in [2.05, 4.69) is 72.9 Å². The predicted molar refractivity (Wildman–Crippen MR) is 86.8 cm³/mol. The summed E-state index contributed by atoms with van der Waals surface area (Å²) in [5.74, 6) is -1.15. The molecule has 0 amide bonds. The fraction of sp³-hybridized carbons (Fsp3) is 0.429. The topological polar surface area (TPSA) is 77.8 Å². The van der Waals surface area contributed by atoms with E-state index in [1.165, 1.54) is 17.1 Å². The molecule has 0 aromatic heterocycles. The van der Waals surface area contributed by atoms with Gasteiger partial charge in [-0.1, -0.05) is 30.3 Å². The van der Waals surface area contributed by atoms with Crippen LogP contribution in [0.4, 0.5) is 0 Å². The molecule has 1 aliphatic heterocycles. The van der Waals surface area contributed by atoms with Crippen LogP contribution in [0.1, 0.15) is 10.1 Å². The van der Waals surface area contributed by atoms with Crippen LogP contribution in [0.2, 0.25) is 0 Å². The fourth-order valence-corrected chi connectivity index (χ4v) is 4.92. The van der Waals surface area contributed by atoms with Gasteiger partial charge in [-0.2, -0.15) is 0 Å². The normalized spacial score (nSPS) is 21.3. The number of carboxylic acids is 2. The van der Waals surface area contributed by atoms with Crippen molar-refractivity contribution in [3.63, 3.8) is 0 Å². The average molecular weight is 329 g/mol. The van der Waals surface area contributed by atoms with Gasteiger partial charge in [0.1, 0.15) is 0 Å². The minimum Gasteiger partial charge on any atom is -0.473 e. The lowest BCUT2D eigenvalue weighted by molar-refractivity contribution is -0.159. The van der Waals surface area contributed by atoms with E-state index >= 15 is 0 Å². The van der Waals surface area contributed by atoms with Gasteiger partial charge in [-0.15, -0.1) is 23.5 Å². The first-order valence-electron chi connectivity index (χ1n) is 6.32. The molecule has 0 bridgehead atoms. The van der Waals surface area contributed by atoms with Crippen LogP contribution < -0.4 is 0 Å². The highest BCUT2D eigenvalue weighted by Crippen LogP contribution is 2.44. The van der Waals surface area contributed by atoms with Crippen molar-refractivity contribution >= 4 is 35.5 Å². The van der Waals surface area contributed by atoms with Gasteiger partial charge in [0.05, 0.1) is 4.58 Å². The molecule has 1 heterocycles. The molecule has 116 valence electrons. The Morgan fingerprint density at radius 3 is 1.90 bits per heavy atom. The lowest BCUT2D eigenvalue weighted by Crippen LogP contribution is -2.34. The van der Waals surface area contributed by atoms with Crippen LogP contribution in [-0.2, 0) is 9.59 Å². The van der Waals surface area contributed by atoms with Crippen molar-refractivity contribution in [2.24, 2.45) is 0 Å². The number of hydrogen-bond acceptors (Lipinski definition) is 5. The predicted octanol–water partition coefficient (Wildman–Crippen LogP) is 2.25. The average Bonchev–Trinajstić information content (AvgIpc) is 2.49. The first-order valence-corrected chi connectivity index (χ1v) is 8.42. The molecule has 7 heteroatoms. The van der Waals surface area contributed by atoms with Crippen molar-refractivity contribution < 1.29 is 19.8 Å². The summed E-state index contributed by atoms with van der Waals surface area (Å²) in [6.07, 6.45) is 0. The maximum atomic E-state index is 9.10. The molecule has 1 fully saturated rings. The molecule has 21 heavy (non-hydrogen) atoms. The third-order valence-electron chi connectivity index (χ3n) is 2.86. The number of rotatable bonds is 2. The summed E-state index contributed by atoms with van der Waals surface area (Å²) >= 11 is 4.15. The van der Waals surface area contributed by atoms with Gasteiger partial charge in [-0.05, 0) is 19.7 Å². The van der Waals surface area contributed by atoms with E-state index in [-0.39, 0.29) is 0 Å². The zero-order valence-electron chi connectivity index (χ0n) is 11.9. The lowest BCUT2D eigenvalue weighted by Gasteiger charge is -2.31. The second kappa shape index (κ2) is 8.96. The monoisotopic (exact) mass is 329 g/mol. The maximum Gasteiger partial charge on any atom is 0.414 e. The number of hydrogen-bond donors (Lipinski definition) is 2. The highest BCUT2D eigenvalue weighted by atomic mass is 32.2. The van der Waals surface area contributed by atoms with Gasteiger partial charge in [0.25, 0.3) is 0 Å². The third-order valence-corrected chi connectivity index (χ3v) is 5.99. The summed E-state index contributed by atoms with van der Waals surface area (Å²) in [5.41, 5.74) is 1.46. The van der Waals surface area contributed by atoms with Crippen LogP contribution in [0, 0.1) is 0 Å². The maximum absolute atomic E-state index is 9.10. The lowest BCUT2D eigenvalue weighted by atomic mass is 10.2. The van der Waals surface area contributed by atoms with Crippen molar-refractivity contribution in [1.82, 2.24) is 4.90 Å². The Morgan fingerprint density at radius 1 is 1.05 bits per heavy atom.